The Hall–Kier alpha value is -1.06. The predicted molar refractivity (Wildman–Crippen MR) is 77.2 cm³/mol. The van der Waals surface area contributed by atoms with Crippen LogP contribution in [0.1, 0.15) is 27.2 Å². The molecule has 0 heterocycles. The van der Waals surface area contributed by atoms with Crippen molar-refractivity contribution in [1.82, 2.24) is 10.6 Å². The van der Waals surface area contributed by atoms with Crippen molar-refractivity contribution in [2.75, 3.05) is 19.7 Å². The molecule has 1 aromatic carbocycles. The molecule has 3 heteroatoms. The van der Waals surface area contributed by atoms with Crippen molar-refractivity contribution in [3.8, 4) is 5.75 Å². The maximum absolute atomic E-state index is 5.63. The molecule has 3 nitrogen and oxygen atoms in total. The van der Waals surface area contributed by atoms with Gasteiger partial charge in [0.1, 0.15) is 5.75 Å². The largest absolute Gasteiger partial charge is 0.494 e. The molecule has 0 aliphatic heterocycles. The van der Waals surface area contributed by atoms with E-state index in [9.17, 15) is 0 Å². The fourth-order valence-electron chi connectivity index (χ4n) is 1.61. The number of hydrogen-bond acceptors (Lipinski definition) is 3. The van der Waals surface area contributed by atoms with Gasteiger partial charge in [-0.1, -0.05) is 32.0 Å². The lowest BCUT2D eigenvalue weighted by Gasteiger charge is -2.16. The van der Waals surface area contributed by atoms with E-state index in [1.54, 1.807) is 0 Å². The molecule has 0 aromatic heterocycles. The summed E-state index contributed by atoms with van der Waals surface area (Å²) in [5, 5.41) is 6.90. The summed E-state index contributed by atoms with van der Waals surface area (Å²) in [5.41, 5.74) is 0. The van der Waals surface area contributed by atoms with Crippen LogP contribution in [-0.4, -0.2) is 31.8 Å². The fraction of sp³-hybridized carbons (Fsp3) is 0.600. The summed E-state index contributed by atoms with van der Waals surface area (Å²) >= 11 is 0. The highest BCUT2D eigenvalue weighted by molar-refractivity contribution is 5.20. The Bertz CT molecular complexity index is 301. The summed E-state index contributed by atoms with van der Waals surface area (Å²) in [4.78, 5) is 0. The maximum atomic E-state index is 5.63. The number of nitrogens with one attached hydrogen (secondary N) is 2. The smallest absolute Gasteiger partial charge is 0.119 e. The van der Waals surface area contributed by atoms with Gasteiger partial charge in [-0.25, -0.2) is 0 Å². The Morgan fingerprint density at radius 3 is 2.44 bits per heavy atom. The average Bonchev–Trinajstić information content (AvgIpc) is 2.37. The monoisotopic (exact) mass is 250 g/mol. The molecule has 2 N–H and O–H groups in total. The minimum absolute atomic E-state index is 0.504. The quantitative estimate of drug-likeness (QED) is 0.660. The van der Waals surface area contributed by atoms with Crippen LogP contribution >= 0.6 is 0 Å². The van der Waals surface area contributed by atoms with Gasteiger partial charge in [0.15, 0.2) is 0 Å². The number of rotatable bonds is 9. The van der Waals surface area contributed by atoms with Gasteiger partial charge < -0.3 is 15.4 Å². The molecule has 0 radical (unpaired) electrons. The molecule has 1 unspecified atom stereocenters. The molecule has 0 bridgehead atoms. The fourth-order valence-corrected chi connectivity index (χ4v) is 1.61. The van der Waals surface area contributed by atoms with E-state index >= 15 is 0 Å². The zero-order valence-electron chi connectivity index (χ0n) is 11.8. The van der Waals surface area contributed by atoms with Gasteiger partial charge >= 0.3 is 0 Å². The van der Waals surface area contributed by atoms with E-state index in [-0.39, 0.29) is 0 Å². The Kier molecular flexibility index (Phi) is 7.46. The standard InChI is InChI=1S/C15H26N2O/c1-13(2)17-12-14(3)16-10-7-11-18-15-8-5-4-6-9-15/h4-6,8-9,13-14,16-17H,7,10-12H2,1-3H3. The van der Waals surface area contributed by atoms with Crippen LogP contribution in [0.25, 0.3) is 0 Å². The van der Waals surface area contributed by atoms with Crippen molar-refractivity contribution in [1.29, 1.82) is 0 Å². The second kappa shape index (κ2) is 8.95. The van der Waals surface area contributed by atoms with Gasteiger partial charge in [0.25, 0.3) is 0 Å². The van der Waals surface area contributed by atoms with E-state index in [4.69, 9.17) is 4.74 Å². The minimum atomic E-state index is 0.504. The van der Waals surface area contributed by atoms with E-state index in [1.165, 1.54) is 0 Å². The molecule has 1 atom stereocenters. The molecule has 0 spiro atoms. The average molecular weight is 250 g/mol. The Labute approximate surface area is 111 Å². The van der Waals surface area contributed by atoms with Crippen molar-refractivity contribution in [2.24, 2.45) is 0 Å². The SMILES string of the molecule is CC(C)NCC(C)NCCCOc1ccccc1. The summed E-state index contributed by atoms with van der Waals surface area (Å²) in [7, 11) is 0. The van der Waals surface area contributed by atoms with Crippen LogP contribution in [0.15, 0.2) is 30.3 Å². The molecule has 0 aliphatic rings. The molecule has 0 amide bonds. The highest BCUT2D eigenvalue weighted by Crippen LogP contribution is 2.07. The van der Waals surface area contributed by atoms with Crippen molar-refractivity contribution >= 4 is 0 Å². The van der Waals surface area contributed by atoms with Crippen LogP contribution in [0, 0.1) is 0 Å². The van der Waals surface area contributed by atoms with E-state index in [0.29, 0.717) is 12.1 Å². The van der Waals surface area contributed by atoms with Crippen molar-refractivity contribution in [3.63, 3.8) is 0 Å². The summed E-state index contributed by atoms with van der Waals surface area (Å²) in [5.74, 6) is 0.951. The highest BCUT2D eigenvalue weighted by atomic mass is 16.5. The van der Waals surface area contributed by atoms with Crippen molar-refractivity contribution < 1.29 is 4.74 Å². The minimum Gasteiger partial charge on any atom is -0.494 e. The molecular weight excluding hydrogens is 224 g/mol. The van der Waals surface area contributed by atoms with Crippen LogP contribution in [0.3, 0.4) is 0 Å². The first-order valence-electron chi connectivity index (χ1n) is 6.83. The van der Waals surface area contributed by atoms with Gasteiger partial charge in [0, 0.05) is 18.6 Å². The summed E-state index contributed by atoms with van der Waals surface area (Å²) in [6.07, 6.45) is 1.03. The number of benzene rings is 1. The third kappa shape index (κ3) is 7.30. The Morgan fingerprint density at radius 2 is 1.78 bits per heavy atom. The van der Waals surface area contributed by atoms with Gasteiger partial charge in [-0.15, -0.1) is 0 Å². The summed E-state index contributed by atoms with van der Waals surface area (Å²) < 4.78 is 5.63. The van der Waals surface area contributed by atoms with Crippen molar-refractivity contribution in [2.45, 2.75) is 39.3 Å². The molecule has 0 fully saturated rings. The molecule has 102 valence electrons. The Balaban J connectivity index is 1.98. The first-order chi connectivity index (χ1) is 8.68. The number of ether oxygens (including phenoxy) is 1. The lowest BCUT2D eigenvalue weighted by Crippen LogP contribution is -2.39. The van der Waals surface area contributed by atoms with Gasteiger partial charge in [0.2, 0.25) is 0 Å². The van der Waals surface area contributed by atoms with Crippen molar-refractivity contribution in [3.05, 3.63) is 30.3 Å². The van der Waals surface area contributed by atoms with Gasteiger partial charge in [-0.3, -0.25) is 0 Å². The number of hydrogen-bond donors (Lipinski definition) is 2. The van der Waals surface area contributed by atoms with Crippen LogP contribution < -0.4 is 15.4 Å². The maximum Gasteiger partial charge on any atom is 0.119 e. The third-order valence-corrected chi connectivity index (χ3v) is 2.66. The second-order valence-electron chi connectivity index (χ2n) is 4.93. The van der Waals surface area contributed by atoms with E-state index in [1.807, 2.05) is 30.3 Å². The summed E-state index contributed by atoms with van der Waals surface area (Å²) in [6.45, 7) is 9.31. The van der Waals surface area contributed by atoms with Gasteiger partial charge in [0.05, 0.1) is 6.61 Å². The molecule has 0 aliphatic carbocycles. The van der Waals surface area contributed by atoms with Crippen LogP contribution in [-0.2, 0) is 0 Å². The highest BCUT2D eigenvalue weighted by Gasteiger charge is 2.01. The van der Waals surface area contributed by atoms with Gasteiger partial charge in [-0.2, -0.15) is 0 Å². The molecule has 0 saturated carbocycles. The molecule has 1 rings (SSSR count). The van der Waals surface area contributed by atoms with E-state index < -0.39 is 0 Å². The molecule has 0 saturated heterocycles. The summed E-state index contributed by atoms with van der Waals surface area (Å²) in [6, 6.07) is 11.0. The predicted octanol–water partition coefficient (Wildman–Crippen LogP) is 2.43. The first kappa shape index (κ1) is 15.0. The number of para-hydroxylation sites is 1. The lowest BCUT2D eigenvalue weighted by atomic mass is 10.3. The molecule has 1 aromatic rings. The second-order valence-corrected chi connectivity index (χ2v) is 4.93. The molecule has 18 heavy (non-hydrogen) atoms. The van der Waals surface area contributed by atoms with E-state index in [2.05, 4.69) is 31.4 Å². The normalized spacial score (nSPS) is 12.7. The zero-order valence-corrected chi connectivity index (χ0v) is 11.8. The van der Waals surface area contributed by atoms with Gasteiger partial charge in [-0.05, 0) is 32.0 Å². The third-order valence-electron chi connectivity index (χ3n) is 2.66. The zero-order chi connectivity index (χ0) is 13.2. The lowest BCUT2D eigenvalue weighted by molar-refractivity contribution is 0.304. The topological polar surface area (TPSA) is 33.3 Å². The Morgan fingerprint density at radius 1 is 1.06 bits per heavy atom. The van der Waals surface area contributed by atoms with Crippen LogP contribution in [0.5, 0.6) is 5.75 Å². The van der Waals surface area contributed by atoms with E-state index in [0.717, 1.165) is 31.9 Å². The molecular formula is C15H26N2O. The van der Waals surface area contributed by atoms with Crippen LogP contribution in [0.2, 0.25) is 0 Å². The van der Waals surface area contributed by atoms with Crippen LogP contribution in [0.4, 0.5) is 0 Å². The first-order valence-corrected chi connectivity index (χ1v) is 6.83.